The first-order valence-electron chi connectivity index (χ1n) is 6.98. The van der Waals surface area contributed by atoms with E-state index >= 15 is 0 Å². The first kappa shape index (κ1) is 13.7. The Bertz CT molecular complexity index is 697. The van der Waals surface area contributed by atoms with Crippen molar-refractivity contribution in [2.75, 3.05) is 0 Å². The SMILES string of the molecule is CCC1N=C(c2ccc(F)cc2)C=C1c1ccc(F)cc1. The van der Waals surface area contributed by atoms with E-state index < -0.39 is 0 Å². The normalized spacial score (nSPS) is 17.6. The third-order valence-corrected chi connectivity index (χ3v) is 3.65. The summed E-state index contributed by atoms with van der Waals surface area (Å²) in [5, 5.41) is 0. The van der Waals surface area contributed by atoms with E-state index in [4.69, 9.17) is 4.99 Å². The molecule has 1 atom stereocenters. The zero-order valence-electron chi connectivity index (χ0n) is 11.7. The van der Waals surface area contributed by atoms with Gasteiger partial charge in [-0.2, -0.15) is 0 Å². The molecule has 0 aromatic heterocycles. The van der Waals surface area contributed by atoms with Crippen LogP contribution in [0.3, 0.4) is 0 Å². The number of rotatable bonds is 3. The lowest BCUT2D eigenvalue weighted by Gasteiger charge is -2.10. The van der Waals surface area contributed by atoms with E-state index in [9.17, 15) is 8.78 Å². The van der Waals surface area contributed by atoms with Gasteiger partial charge in [0, 0.05) is 0 Å². The molecule has 0 saturated heterocycles. The molecule has 0 saturated carbocycles. The Morgan fingerprint density at radius 1 is 0.857 bits per heavy atom. The summed E-state index contributed by atoms with van der Waals surface area (Å²) in [4.78, 5) is 4.69. The predicted octanol–water partition coefficient (Wildman–Crippen LogP) is 4.63. The van der Waals surface area contributed by atoms with E-state index in [1.807, 2.05) is 6.08 Å². The Labute approximate surface area is 122 Å². The van der Waals surface area contributed by atoms with Crippen LogP contribution in [0.4, 0.5) is 8.78 Å². The Hall–Kier alpha value is -2.29. The lowest BCUT2D eigenvalue weighted by atomic mass is 9.97. The van der Waals surface area contributed by atoms with Crippen molar-refractivity contribution in [2.24, 2.45) is 4.99 Å². The van der Waals surface area contributed by atoms with E-state index in [0.717, 1.165) is 28.8 Å². The minimum atomic E-state index is -0.257. The van der Waals surface area contributed by atoms with Crippen molar-refractivity contribution in [3.8, 4) is 0 Å². The average Bonchev–Trinajstić information content (AvgIpc) is 2.93. The van der Waals surface area contributed by atoms with Crippen molar-refractivity contribution in [1.29, 1.82) is 0 Å². The molecular formula is C18H15F2N. The van der Waals surface area contributed by atoms with E-state index in [1.165, 1.54) is 24.3 Å². The highest BCUT2D eigenvalue weighted by molar-refractivity contribution is 6.15. The summed E-state index contributed by atoms with van der Waals surface area (Å²) < 4.78 is 26.1. The molecule has 2 aromatic rings. The summed E-state index contributed by atoms with van der Waals surface area (Å²) in [5.41, 5.74) is 3.80. The summed E-state index contributed by atoms with van der Waals surface area (Å²) in [7, 11) is 0. The molecule has 1 nitrogen and oxygen atoms in total. The van der Waals surface area contributed by atoms with Crippen molar-refractivity contribution < 1.29 is 8.78 Å². The van der Waals surface area contributed by atoms with Crippen LogP contribution >= 0.6 is 0 Å². The lowest BCUT2D eigenvalue weighted by Crippen LogP contribution is -2.02. The maximum absolute atomic E-state index is 13.0. The number of benzene rings is 2. The molecule has 2 aromatic carbocycles. The molecule has 0 N–H and O–H groups in total. The highest BCUT2D eigenvalue weighted by atomic mass is 19.1. The fourth-order valence-electron chi connectivity index (χ4n) is 2.53. The van der Waals surface area contributed by atoms with Gasteiger partial charge in [-0.1, -0.05) is 19.1 Å². The average molecular weight is 283 g/mol. The largest absolute Gasteiger partial charge is 0.277 e. The van der Waals surface area contributed by atoms with Gasteiger partial charge in [-0.15, -0.1) is 0 Å². The highest BCUT2D eigenvalue weighted by Gasteiger charge is 2.21. The van der Waals surface area contributed by atoms with Crippen molar-refractivity contribution in [1.82, 2.24) is 0 Å². The number of hydrogen-bond donors (Lipinski definition) is 0. The molecule has 0 spiro atoms. The number of allylic oxidation sites excluding steroid dienone is 1. The van der Waals surface area contributed by atoms with Crippen molar-refractivity contribution in [2.45, 2.75) is 19.4 Å². The molecule has 0 fully saturated rings. The maximum Gasteiger partial charge on any atom is 0.123 e. The minimum Gasteiger partial charge on any atom is -0.277 e. The van der Waals surface area contributed by atoms with Crippen molar-refractivity contribution in [3.05, 3.63) is 77.4 Å². The lowest BCUT2D eigenvalue weighted by molar-refractivity contribution is 0.627. The first-order chi connectivity index (χ1) is 10.2. The van der Waals surface area contributed by atoms with Gasteiger partial charge in [0.15, 0.2) is 0 Å². The topological polar surface area (TPSA) is 12.4 Å². The van der Waals surface area contributed by atoms with E-state index in [1.54, 1.807) is 24.3 Å². The predicted molar refractivity (Wildman–Crippen MR) is 81.4 cm³/mol. The molecule has 1 aliphatic rings. The molecule has 0 aliphatic carbocycles. The molecule has 1 aliphatic heterocycles. The van der Waals surface area contributed by atoms with E-state index in [-0.39, 0.29) is 17.7 Å². The third-order valence-electron chi connectivity index (χ3n) is 3.65. The van der Waals surface area contributed by atoms with Crippen LogP contribution in [-0.4, -0.2) is 11.8 Å². The number of halogens is 2. The van der Waals surface area contributed by atoms with E-state index in [0.29, 0.717) is 0 Å². The first-order valence-corrected chi connectivity index (χ1v) is 6.98. The molecule has 0 radical (unpaired) electrons. The fraction of sp³-hybridized carbons (Fsp3) is 0.167. The van der Waals surface area contributed by atoms with Crippen LogP contribution in [-0.2, 0) is 0 Å². The molecule has 3 heteroatoms. The molecule has 21 heavy (non-hydrogen) atoms. The Morgan fingerprint density at radius 3 is 1.90 bits per heavy atom. The summed E-state index contributed by atoms with van der Waals surface area (Å²) in [5.74, 6) is -0.503. The van der Waals surface area contributed by atoms with Crippen LogP contribution in [0.15, 0.2) is 59.6 Å². The molecule has 3 rings (SSSR count). The summed E-state index contributed by atoms with van der Waals surface area (Å²) in [6, 6.07) is 12.8. The molecular weight excluding hydrogens is 268 g/mol. The van der Waals surface area contributed by atoms with Crippen LogP contribution < -0.4 is 0 Å². The van der Waals surface area contributed by atoms with Crippen LogP contribution in [0.1, 0.15) is 24.5 Å². The Kier molecular flexibility index (Phi) is 3.65. The quantitative estimate of drug-likeness (QED) is 0.778. The molecule has 0 bridgehead atoms. The number of aliphatic imine (C=N–C) groups is 1. The van der Waals surface area contributed by atoms with Crippen LogP contribution in [0.2, 0.25) is 0 Å². The number of nitrogens with zero attached hydrogens (tertiary/aromatic N) is 1. The summed E-state index contributed by atoms with van der Waals surface area (Å²) in [6.45, 7) is 2.07. The standard InChI is InChI=1S/C18H15F2N/c1-2-17-16(12-3-7-14(19)8-4-12)11-18(21-17)13-5-9-15(20)10-6-13/h3-11,17H,2H2,1H3. The summed E-state index contributed by atoms with van der Waals surface area (Å²) in [6.07, 6.45) is 2.88. The van der Waals surface area contributed by atoms with Gasteiger partial charge in [-0.05, 0) is 65.6 Å². The molecule has 106 valence electrons. The second-order valence-corrected chi connectivity index (χ2v) is 5.05. The van der Waals surface area contributed by atoms with Crippen LogP contribution in [0.25, 0.3) is 5.57 Å². The van der Waals surface area contributed by atoms with Gasteiger partial charge in [0.25, 0.3) is 0 Å². The second-order valence-electron chi connectivity index (χ2n) is 5.05. The monoisotopic (exact) mass is 283 g/mol. The number of hydrogen-bond acceptors (Lipinski definition) is 1. The van der Waals surface area contributed by atoms with Gasteiger partial charge in [-0.3, -0.25) is 4.99 Å². The maximum atomic E-state index is 13.0. The molecule has 0 amide bonds. The van der Waals surface area contributed by atoms with Crippen LogP contribution in [0, 0.1) is 11.6 Å². The van der Waals surface area contributed by atoms with Gasteiger partial charge in [0.2, 0.25) is 0 Å². The van der Waals surface area contributed by atoms with Crippen molar-refractivity contribution in [3.63, 3.8) is 0 Å². The smallest absolute Gasteiger partial charge is 0.123 e. The van der Waals surface area contributed by atoms with Gasteiger partial charge in [0.05, 0.1) is 11.8 Å². The van der Waals surface area contributed by atoms with Gasteiger partial charge in [-0.25, -0.2) is 8.78 Å². The Morgan fingerprint density at radius 2 is 1.38 bits per heavy atom. The van der Waals surface area contributed by atoms with Crippen LogP contribution in [0.5, 0.6) is 0 Å². The second kappa shape index (κ2) is 5.60. The summed E-state index contributed by atoms with van der Waals surface area (Å²) >= 11 is 0. The van der Waals surface area contributed by atoms with E-state index in [2.05, 4.69) is 6.92 Å². The van der Waals surface area contributed by atoms with Gasteiger partial charge >= 0.3 is 0 Å². The minimum absolute atomic E-state index is 0.0653. The Balaban J connectivity index is 1.97. The molecule has 1 unspecified atom stereocenters. The third kappa shape index (κ3) is 2.77. The molecule has 1 heterocycles. The van der Waals surface area contributed by atoms with Gasteiger partial charge in [0.1, 0.15) is 11.6 Å². The zero-order valence-corrected chi connectivity index (χ0v) is 11.7. The fourth-order valence-corrected chi connectivity index (χ4v) is 2.53. The van der Waals surface area contributed by atoms with Gasteiger partial charge < -0.3 is 0 Å². The van der Waals surface area contributed by atoms with Crippen molar-refractivity contribution >= 4 is 11.3 Å². The highest BCUT2D eigenvalue weighted by Crippen LogP contribution is 2.29. The zero-order chi connectivity index (χ0) is 14.8.